The van der Waals surface area contributed by atoms with Crippen molar-refractivity contribution in [3.8, 4) is 0 Å². The minimum Gasteiger partial charge on any atom is -0.361 e. The second-order valence-electron chi connectivity index (χ2n) is 6.16. The van der Waals surface area contributed by atoms with Crippen LogP contribution in [0.5, 0.6) is 0 Å². The molecule has 0 spiro atoms. The van der Waals surface area contributed by atoms with E-state index in [4.69, 9.17) is 23.2 Å². The molecule has 0 saturated heterocycles. The van der Waals surface area contributed by atoms with Crippen molar-refractivity contribution in [3.05, 3.63) is 55.7 Å². The minimum atomic E-state index is -3.51. The Kier molecular flexibility index (Phi) is 4.53. The molecule has 24 heavy (non-hydrogen) atoms. The first-order valence-corrected chi connectivity index (χ1v) is 10.2. The van der Waals surface area contributed by atoms with Crippen molar-refractivity contribution in [1.82, 2.24) is 5.32 Å². The lowest BCUT2D eigenvalue weighted by Crippen LogP contribution is -2.33. The van der Waals surface area contributed by atoms with Gasteiger partial charge in [0.25, 0.3) is 0 Å². The van der Waals surface area contributed by atoms with Gasteiger partial charge in [-0.3, -0.25) is 4.79 Å². The third kappa shape index (κ3) is 3.01. The highest BCUT2D eigenvalue weighted by Crippen LogP contribution is 2.44. The zero-order valence-electron chi connectivity index (χ0n) is 13.3. The molecule has 128 valence electrons. The highest BCUT2D eigenvalue weighted by atomic mass is 35.5. The van der Waals surface area contributed by atoms with Crippen molar-refractivity contribution in [3.63, 3.8) is 0 Å². The molecule has 7 heteroatoms. The SMILES string of the molecule is CC1=C(S(C)(=O)=O)C(c2ccc(Cl)c(Cl)c2)C2=C(CCCC2=O)N1. The molecule has 3 rings (SSSR count). The van der Waals surface area contributed by atoms with Crippen molar-refractivity contribution < 1.29 is 13.2 Å². The number of Topliss-reactive ketones (excluding diaryl/α,β-unsaturated/α-hetero) is 1. The second-order valence-corrected chi connectivity index (χ2v) is 8.96. The largest absolute Gasteiger partial charge is 0.361 e. The number of hydrogen-bond acceptors (Lipinski definition) is 4. The third-order valence-electron chi connectivity index (χ3n) is 4.39. The van der Waals surface area contributed by atoms with E-state index in [1.807, 2.05) is 0 Å². The van der Waals surface area contributed by atoms with Gasteiger partial charge in [-0.15, -0.1) is 0 Å². The fourth-order valence-electron chi connectivity index (χ4n) is 3.47. The van der Waals surface area contributed by atoms with Gasteiger partial charge in [0.15, 0.2) is 15.6 Å². The molecule has 0 bridgehead atoms. The van der Waals surface area contributed by atoms with Crippen molar-refractivity contribution in [1.29, 1.82) is 0 Å². The standard InChI is InChI=1S/C17H17Cl2NO3S/c1-9-17(24(2,22)23)15(10-6-7-11(18)12(19)8-10)16-13(20-9)4-3-5-14(16)21/h6-8,15,20H,3-5H2,1-2H3. The number of carbonyl (C=O) groups is 1. The zero-order valence-corrected chi connectivity index (χ0v) is 15.6. The number of halogens is 2. The van der Waals surface area contributed by atoms with E-state index in [2.05, 4.69) is 5.32 Å². The number of sulfone groups is 1. The summed E-state index contributed by atoms with van der Waals surface area (Å²) in [6.07, 6.45) is 3.08. The van der Waals surface area contributed by atoms with Crippen LogP contribution in [0.3, 0.4) is 0 Å². The molecule has 2 aliphatic rings. The van der Waals surface area contributed by atoms with Crippen LogP contribution in [0.15, 0.2) is 40.1 Å². The maximum Gasteiger partial charge on any atom is 0.174 e. The van der Waals surface area contributed by atoms with Crippen molar-refractivity contribution in [2.45, 2.75) is 32.1 Å². The topological polar surface area (TPSA) is 63.2 Å². The molecule has 1 aromatic rings. The molecule has 0 fully saturated rings. The molecule has 0 saturated carbocycles. The molecule has 1 N–H and O–H groups in total. The Labute approximate surface area is 151 Å². The van der Waals surface area contributed by atoms with Gasteiger partial charge in [-0.2, -0.15) is 0 Å². The minimum absolute atomic E-state index is 0.0199. The van der Waals surface area contributed by atoms with Gasteiger partial charge >= 0.3 is 0 Å². The third-order valence-corrected chi connectivity index (χ3v) is 6.47. The first kappa shape index (κ1) is 17.5. The number of nitrogens with one attached hydrogen (secondary N) is 1. The van der Waals surface area contributed by atoms with E-state index in [0.717, 1.165) is 24.8 Å². The number of hydrogen-bond donors (Lipinski definition) is 1. The molecule has 4 nitrogen and oxygen atoms in total. The highest BCUT2D eigenvalue weighted by molar-refractivity contribution is 7.94. The van der Waals surface area contributed by atoms with Gasteiger partial charge in [-0.1, -0.05) is 29.3 Å². The maximum atomic E-state index is 12.6. The molecule has 0 aromatic heterocycles. The van der Waals surface area contributed by atoms with Gasteiger partial charge in [-0.05, 0) is 37.5 Å². The molecular weight excluding hydrogens is 369 g/mol. The van der Waals surface area contributed by atoms with Gasteiger partial charge in [0.1, 0.15) is 0 Å². The Morgan fingerprint density at radius 1 is 1.17 bits per heavy atom. The monoisotopic (exact) mass is 385 g/mol. The summed E-state index contributed by atoms with van der Waals surface area (Å²) >= 11 is 12.1. The predicted molar refractivity (Wildman–Crippen MR) is 95.8 cm³/mol. The smallest absolute Gasteiger partial charge is 0.174 e. The van der Waals surface area contributed by atoms with Crippen molar-refractivity contribution in [2.75, 3.05) is 6.26 Å². The zero-order chi connectivity index (χ0) is 17.6. The second kappa shape index (κ2) is 6.21. The molecule has 1 aromatic carbocycles. The average Bonchev–Trinajstić information content (AvgIpc) is 2.47. The summed E-state index contributed by atoms with van der Waals surface area (Å²) < 4.78 is 24.8. The predicted octanol–water partition coefficient (Wildman–Crippen LogP) is 3.96. The van der Waals surface area contributed by atoms with Gasteiger partial charge in [-0.25, -0.2) is 8.42 Å². The van der Waals surface area contributed by atoms with Gasteiger partial charge in [0, 0.05) is 29.6 Å². The summed E-state index contributed by atoms with van der Waals surface area (Å²) in [4.78, 5) is 12.8. The number of dihydropyridines is 1. The molecule has 1 aliphatic carbocycles. The number of benzene rings is 1. The lowest BCUT2D eigenvalue weighted by Gasteiger charge is -2.34. The van der Waals surface area contributed by atoms with E-state index >= 15 is 0 Å². The van der Waals surface area contributed by atoms with E-state index in [-0.39, 0.29) is 10.7 Å². The molecule has 1 unspecified atom stereocenters. The van der Waals surface area contributed by atoms with E-state index in [1.165, 1.54) is 0 Å². The van der Waals surface area contributed by atoms with Crippen LogP contribution in [0.25, 0.3) is 0 Å². The summed E-state index contributed by atoms with van der Waals surface area (Å²) in [5.41, 5.74) is 2.56. The van der Waals surface area contributed by atoms with Gasteiger partial charge in [0.05, 0.1) is 20.9 Å². The average molecular weight is 386 g/mol. The van der Waals surface area contributed by atoms with Crippen molar-refractivity contribution in [2.24, 2.45) is 0 Å². The van der Waals surface area contributed by atoms with Crippen LogP contribution in [0, 0.1) is 0 Å². The van der Waals surface area contributed by atoms with E-state index in [0.29, 0.717) is 33.3 Å². The Morgan fingerprint density at radius 3 is 2.50 bits per heavy atom. The van der Waals surface area contributed by atoms with Crippen LogP contribution >= 0.6 is 23.2 Å². The summed E-state index contributed by atoms with van der Waals surface area (Å²) in [5, 5.41) is 3.86. The van der Waals surface area contributed by atoms with E-state index in [1.54, 1.807) is 25.1 Å². The lowest BCUT2D eigenvalue weighted by molar-refractivity contribution is -0.116. The van der Waals surface area contributed by atoms with Gasteiger partial charge in [0.2, 0.25) is 0 Å². The number of allylic oxidation sites excluding steroid dienone is 4. The highest BCUT2D eigenvalue weighted by Gasteiger charge is 2.39. The molecule has 0 amide bonds. The maximum absolute atomic E-state index is 12.6. The lowest BCUT2D eigenvalue weighted by atomic mass is 9.79. The summed E-state index contributed by atoms with van der Waals surface area (Å²) in [6, 6.07) is 5.00. The summed E-state index contributed by atoms with van der Waals surface area (Å²) in [7, 11) is -3.51. The Balaban J connectivity index is 2.27. The van der Waals surface area contributed by atoms with Crippen LogP contribution in [0.4, 0.5) is 0 Å². The van der Waals surface area contributed by atoms with E-state index in [9.17, 15) is 13.2 Å². The van der Waals surface area contributed by atoms with E-state index < -0.39 is 15.8 Å². The van der Waals surface area contributed by atoms with Gasteiger partial charge < -0.3 is 5.32 Å². The van der Waals surface area contributed by atoms with Crippen LogP contribution in [0.2, 0.25) is 10.0 Å². The molecule has 1 atom stereocenters. The Bertz CT molecular complexity index is 900. The number of ketones is 1. The fourth-order valence-corrected chi connectivity index (χ4v) is 5.06. The first-order chi connectivity index (χ1) is 11.2. The first-order valence-electron chi connectivity index (χ1n) is 7.59. The molecule has 1 heterocycles. The van der Waals surface area contributed by atoms with Crippen molar-refractivity contribution >= 4 is 38.8 Å². The normalized spacial score (nSPS) is 21.7. The quantitative estimate of drug-likeness (QED) is 0.836. The van der Waals surface area contributed by atoms with Crippen LogP contribution < -0.4 is 5.32 Å². The van der Waals surface area contributed by atoms with Crippen LogP contribution in [-0.4, -0.2) is 20.5 Å². The summed E-state index contributed by atoms with van der Waals surface area (Å²) in [6.45, 7) is 1.73. The molecule has 1 aliphatic heterocycles. The van der Waals surface area contributed by atoms with Crippen LogP contribution in [0.1, 0.15) is 37.7 Å². The molecular formula is C17H17Cl2NO3S. The van der Waals surface area contributed by atoms with Crippen LogP contribution in [-0.2, 0) is 14.6 Å². The summed E-state index contributed by atoms with van der Waals surface area (Å²) in [5.74, 6) is -0.660. The fraction of sp³-hybridized carbons (Fsp3) is 0.353. The number of carbonyl (C=O) groups excluding carboxylic acids is 1. The number of rotatable bonds is 2. The Hall–Kier alpha value is -1.30. The molecule has 0 radical (unpaired) electrons. The Morgan fingerprint density at radius 2 is 1.88 bits per heavy atom.